The molecule has 2 amide bonds. The molecular formula is C18H25F3N6O3. The van der Waals surface area contributed by atoms with Crippen LogP contribution in [0, 0.1) is 17.7 Å². The topological polar surface area (TPSA) is 119 Å². The quantitative estimate of drug-likeness (QED) is 0.242. The van der Waals surface area contributed by atoms with Crippen LogP contribution in [0.3, 0.4) is 0 Å². The Morgan fingerprint density at radius 2 is 1.87 bits per heavy atom. The Balaban J connectivity index is 1.69. The Morgan fingerprint density at radius 1 is 1.20 bits per heavy atom. The molecule has 1 aromatic rings. The molecule has 0 radical (unpaired) electrons. The first-order valence-electron chi connectivity index (χ1n) is 9.96. The fourth-order valence-corrected chi connectivity index (χ4v) is 3.57. The molecule has 2 aliphatic rings. The molecule has 0 saturated heterocycles. The van der Waals surface area contributed by atoms with Crippen molar-refractivity contribution in [3.05, 3.63) is 11.6 Å². The number of carbonyl (C=O) groups excluding carboxylic acids is 2. The van der Waals surface area contributed by atoms with Crippen molar-refractivity contribution in [2.45, 2.75) is 57.4 Å². The molecule has 4 N–H and O–H groups in total. The van der Waals surface area contributed by atoms with Gasteiger partial charge in [0.2, 0.25) is 18.1 Å². The first-order valence-corrected chi connectivity index (χ1v) is 9.96. The van der Waals surface area contributed by atoms with Gasteiger partial charge in [-0.05, 0) is 25.2 Å². The maximum atomic E-state index is 14.6. The molecule has 1 aromatic heterocycles. The van der Waals surface area contributed by atoms with E-state index in [-0.39, 0.29) is 30.7 Å². The van der Waals surface area contributed by atoms with E-state index in [1.54, 1.807) is 0 Å². The highest BCUT2D eigenvalue weighted by atomic mass is 19.3. The predicted octanol–water partition coefficient (Wildman–Crippen LogP) is 2.61. The van der Waals surface area contributed by atoms with Gasteiger partial charge in [-0.2, -0.15) is 4.39 Å². The Bertz CT molecular complexity index is 759. The number of alkyl halides is 2. The summed E-state index contributed by atoms with van der Waals surface area (Å²) in [7, 11) is 0. The second-order valence-electron chi connectivity index (χ2n) is 7.74. The number of hydrogen-bond acceptors (Lipinski definition) is 7. The number of amides is 2. The maximum Gasteiger partial charge on any atom is 0.297 e. The van der Waals surface area contributed by atoms with Crippen LogP contribution < -0.4 is 16.2 Å². The van der Waals surface area contributed by atoms with Crippen LogP contribution in [-0.4, -0.2) is 45.1 Å². The van der Waals surface area contributed by atoms with Gasteiger partial charge < -0.3 is 5.32 Å². The average molecular weight is 430 g/mol. The summed E-state index contributed by atoms with van der Waals surface area (Å²) in [5.41, 5.74) is 4.51. The number of nitrogens with zero attached hydrogens (tertiary/aromatic N) is 3. The highest BCUT2D eigenvalue weighted by Crippen LogP contribution is 2.31. The molecule has 1 atom stereocenters. The Labute approximate surface area is 171 Å². The van der Waals surface area contributed by atoms with Gasteiger partial charge in [0.05, 0.1) is 12.5 Å². The van der Waals surface area contributed by atoms with Crippen LogP contribution in [0.25, 0.3) is 0 Å². The van der Waals surface area contributed by atoms with Crippen LogP contribution in [0.2, 0.25) is 0 Å². The van der Waals surface area contributed by atoms with Crippen LogP contribution in [-0.2, 0) is 9.59 Å². The molecule has 2 fully saturated rings. The predicted molar refractivity (Wildman–Crippen MR) is 100.0 cm³/mol. The number of halogens is 3. The van der Waals surface area contributed by atoms with Gasteiger partial charge in [0, 0.05) is 6.04 Å². The first-order chi connectivity index (χ1) is 14.4. The van der Waals surface area contributed by atoms with Gasteiger partial charge >= 0.3 is 0 Å². The number of rotatable bonds is 11. The Kier molecular flexibility index (Phi) is 7.29. The standard InChI is InChI=1S/C18H25F3N6O3/c19-13-15(22-12-5-6-12)23-17(14(20)21)24-16(13)25-26-18(29)11(8-27(30)9-28)7-10-3-1-2-4-10/h9-12,14,30H,1-8H2,(H,26,29)(H2,22,23,24,25)/t11-/m1/s1. The van der Waals surface area contributed by atoms with Crippen LogP contribution in [0.15, 0.2) is 0 Å². The first kappa shape index (κ1) is 22.1. The van der Waals surface area contributed by atoms with Gasteiger partial charge in [0.1, 0.15) is 0 Å². The zero-order chi connectivity index (χ0) is 21.7. The summed E-state index contributed by atoms with van der Waals surface area (Å²) in [6, 6.07) is -0.0305. The number of aromatic nitrogens is 2. The van der Waals surface area contributed by atoms with E-state index in [2.05, 4.69) is 26.1 Å². The van der Waals surface area contributed by atoms with E-state index < -0.39 is 35.7 Å². The third kappa shape index (κ3) is 5.94. The summed E-state index contributed by atoms with van der Waals surface area (Å²) in [5, 5.41) is 12.6. The molecule has 0 aromatic carbocycles. The summed E-state index contributed by atoms with van der Waals surface area (Å²) >= 11 is 0. The van der Waals surface area contributed by atoms with E-state index in [1.165, 1.54) is 0 Å². The third-order valence-electron chi connectivity index (χ3n) is 5.28. The molecule has 0 aliphatic heterocycles. The lowest BCUT2D eigenvalue weighted by atomic mass is 9.92. The lowest BCUT2D eigenvalue weighted by molar-refractivity contribution is -0.154. The average Bonchev–Trinajstić information content (AvgIpc) is 3.39. The fraction of sp³-hybridized carbons (Fsp3) is 0.667. The smallest absolute Gasteiger partial charge is 0.297 e. The number of carbonyl (C=O) groups is 2. The van der Waals surface area contributed by atoms with Crippen molar-refractivity contribution in [3.63, 3.8) is 0 Å². The molecule has 12 heteroatoms. The minimum absolute atomic E-state index is 0.0305. The van der Waals surface area contributed by atoms with Gasteiger partial charge in [0.15, 0.2) is 17.5 Å². The lowest BCUT2D eigenvalue weighted by Crippen LogP contribution is -2.41. The second kappa shape index (κ2) is 9.92. The Hall–Kier alpha value is -2.63. The van der Waals surface area contributed by atoms with Gasteiger partial charge in [-0.25, -0.2) is 23.8 Å². The van der Waals surface area contributed by atoms with Crippen LogP contribution >= 0.6 is 0 Å². The number of hydroxylamine groups is 2. The number of nitrogens with one attached hydrogen (secondary N) is 3. The highest BCUT2D eigenvalue weighted by Gasteiger charge is 2.29. The monoisotopic (exact) mass is 430 g/mol. The van der Waals surface area contributed by atoms with Crippen molar-refractivity contribution in [3.8, 4) is 0 Å². The van der Waals surface area contributed by atoms with Gasteiger partial charge in [-0.1, -0.05) is 25.7 Å². The zero-order valence-corrected chi connectivity index (χ0v) is 16.3. The molecule has 0 bridgehead atoms. The van der Waals surface area contributed by atoms with Gasteiger partial charge in [-0.15, -0.1) is 0 Å². The molecule has 166 valence electrons. The summed E-state index contributed by atoms with van der Waals surface area (Å²) in [6.07, 6.45) is 3.15. The molecule has 9 nitrogen and oxygen atoms in total. The number of anilines is 2. The molecule has 2 saturated carbocycles. The summed E-state index contributed by atoms with van der Waals surface area (Å²) in [5.74, 6) is -3.92. The normalized spacial score (nSPS) is 17.6. The van der Waals surface area contributed by atoms with Gasteiger partial charge in [-0.3, -0.25) is 25.6 Å². The Morgan fingerprint density at radius 3 is 2.47 bits per heavy atom. The number of hydrogen-bond donors (Lipinski definition) is 4. The molecule has 30 heavy (non-hydrogen) atoms. The minimum atomic E-state index is -3.02. The summed E-state index contributed by atoms with van der Waals surface area (Å²) in [6.45, 7) is -0.240. The van der Waals surface area contributed by atoms with Crippen LogP contribution in [0.5, 0.6) is 0 Å². The maximum absolute atomic E-state index is 14.6. The van der Waals surface area contributed by atoms with Crippen molar-refractivity contribution in [2.75, 3.05) is 17.3 Å². The largest absolute Gasteiger partial charge is 0.365 e. The second-order valence-corrected chi connectivity index (χ2v) is 7.74. The third-order valence-corrected chi connectivity index (χ3v) is 5.28. The van der Waals surface area contributed by atoms with E-state index in [4.69, 9.17) is 0 Å². The van der Waals surface area contributed by atoms with Crippen molar-refractivity contribution >= 4 is 24.0 Å². The van der Waals surface area contributed by atoms with Crippen molar-refractivity contribution in [1.82, 2.24) is 20.5 Å². The van der Waals surface area contributed by atoms with E-state index in [0.29, 0.717) is 11.5 Å². The molecule has 0 spiro atoms. The highest BCUT2D eigenvalue weighted by molar-refractivity contribution is 5.80. The number of hydrazine groups is 1. The molecule has 2 aliphatic carbocycles. The van der Waals surface area contributed by atoms with Crippen LogP contribution in [0.1, 0.15) is 57.2 Å². The van der Waals surface area contributed by atoms with E-state index in [0.717, 1.165) is 38.5 Å². The molecule has 1 heterocycles. The van der Waals surface area contributed by atoms with E-state index >= 15 is 0 Å². The van der Waals surface area contributed by atoms with Gasteiger partial charge in [0.25, 0.3) is 6.43 Å². The van der Waals surface area contributed by atoms with Crippen molar-refractivity contribution in [1.29, 1.82) is 0 Å². The van der Waals surface area contributed by atoms with E-state index in [1.807, 2.05) is 0 Å². The summed E-state index contributed by atoms with van der Waals surface area (Å²) < 4.78 is 40.8. The van der Waals surface area contributed by atoms with Crippen LogP contribution in [0.4, 0.5) is 24.8 Å². The molecule has 0 unspecified atom stereocenters. The van der Waals surface area contributed by atoms with Crippen molar-refractivity contribution < 1.29 is 28.0 Å². The SMILES string of the molecule is O=CN(O)C[C@@H](CC1CCCC1)C(=O)NNc1nc(C(F)F)nc(NC2CC2)c1F. The van der Waals surface area contributed by atoms with E-state index in [9.17, 15) is 28.0 Å². The lowest BCUT2D eigenvalue weighted by Gasteiger charge is -2.22. The van der Waals surface area contributed by atoms with Crippen molar-refractivity contribution in [2.24, 2.45) is 11.8 Å². The molecular weight excluding hydrogens is 405 g/mol. The minimum Gasteiger partial charge on any atom is -0.365 e. The zero-order valence-electron chi connectivity index (χ0n) is 16.3. The molecule has 3 rings (SSSR count). The summed E-state index contributed by atoms with van der Waals surface area (Å²) in [4.78, 5) is 30.3. The fourth-order valence-electron chi connectivity index (χ4n) is 3.57.